The van der Waals surface area contributed by atoms with Crippen molar-refractivity contribution in [2.75, 3.05) is 10.6 Å². The highest BCUT2D eigenvalue weighted by Gasteiger charge is 2.45. The number of amides is 2. The Labute approximate surface area is 211 Å². The molecule has 3 aromatic heterocycles. The Hall–Kier alpha value is -4.08. The van der Waals surface area contributed by atoms with Crippen molar-refractivity contribution in [2.45, 2.75) is 37.9 Å². The Morgan fingerprint density at radius 3 is 2.78 bits per heavy atom. The molecule has 3 aromatic rings. The number of carbonyl (C=O) groups is 2. The molecule has 4 rings (SSSR count). The lowest BCUT2D eigenvalue weighted by Gasteiger charge is -2.41. The van der Waals surface area contributed by atoms with E-state index in [4.69, 9.17) is 21.6 Å². The largest absolute Gasteiger partial charge is 0.441 e. The van der Waals surface area contributed by atoms with Crippen molar-refractivity contribution in [3.05, 3.63) is 47.4 Å². The molecule has 0 unspecified atom stereocenters. The maximum Gasteiger partial charge on any atom is 0.413 e. The van der Waals surface area contributed by atoms with Crippen molar-refractivity contribution in [3.63, 3.8) is 0 Å². The number of rotatable bonds is 7. The maximum absolute atomic E-state index is 12.5. The molecule has 1 aliphatic rings. The summed E-state index contributed by atoms with van der Waals surface area (Å²) < 4.78 is 6.79. The first kappa shape index (κ1) is 25.0. The Kier molecular flexibility index (Phi) is 7.14. The zero-order valence-corrected chi connectivity index (χ0v) is 20.2. The molecular formula is C23H23ClN8O4. The molecule has 12 nitrogen and oxygen atoms in total. The van der Waals surface area contributed by atoms with Gasteiger partial charge in [-0.2, -0.15) is 5.26 Å². The molecule has 1 fully saturated rings. The molecule has 13 heteroatoms. The standard InChI is InChI=1S/C23H23ClN8O4/c1-13(16-4-3-9-26-19(16)24)36-22(34)29-20-18(30-31-32(20)2)17-6-5-15(12-27-17)28-21(33)14-10-23(35,11-14)7-8-25/h3-6,9,12-14,35H,7,10-11H2,1-2H3,(H,28,33)(H,29,34)/t13-,14-,23+/m1/s1. The smallest absolute Gasteiger partial charge is 0.413 e. The molecule has 186 valence electrons. The molecule has 0 spiro atoms. The van der Waals surface area contributed by atoms with Crippen LogP contribution in [0.2, 0.25) is 5.15 Å². The Morgan fingerprint density at radius 2 is 2.11 bits per heavy atom. The van der Waals surface area contributed by atoms with Crippen LogP contribution >= 0.6 is 11.6 Å². The molecule has 0 aliphatic heterocycles. The normalized spacial score (nSPS) is 19.5. The average Bonchev–Trinajstić information content (AvgIpc) is 3.18. The fraction of sp³-hybridized carbons (Fsp3) is 0.348. The number of ether oxygens (including phenoxy) is 1. The van der Waals surface area contributed by atoms with E-state index in [2.05, 4.69) is 30.9 Å². The van der Waals surface area contributed by atoms with Gasteiger partial charge >= 0.3 is 6.09 Å². The van der Waals surface area contributed by atoms with E-state index in [1.54, 1.807) is 44.4 Å². The first-order chi connectivity index (χ1) is 17.2. The van der Waals surface area contributed by atoms with Crippen LogP contribution in [0.4, 0.5) is 16.3 Å². The fourth-order valence-electron chi connectivity index (χ4n) is 3.91. The molecule has 1 saturated carbocycles. The highest BCUT2D eigenvalue weighted by molar-refractivity contribution is 6.30. The number of hydrogen-bond donors (Lipinski definition) is 3. The average molecular weight is 511 g/mol. The van der Waals surface area contributed by atoms with E-state index in [9.17, 15) is 14.7 Å². The van der Waals surface area contributed by atoms with Crippen LogP contribution in [-0.4, -0.2) is 47.7 Å². The van der Waals surface area contributed by atoms with E-state index in [1.165, 1.54) is 10.9 Å². The SMILES string of the molecule is C[C@@H](OC(=O)Nc1c(-c2ccc(NC(=O)[C@H]3C[C@](O)(CC#N)C3)cn2)nnn1C)c1cccnc1Cl. The zero-order valence-electron chi connectivity index (χ0n) is 19.5. The van der Waals surface area contributed by atoms with Gasteiger partial charge in [-0.25, -0.2) is 14.5 Å². The van der Waals surface area contributed by atoms with Gasteiger partial charge < -0.3 is 15.2 Å². The summed E-state index contributed by atoms with van der Waals surface area (Å²) in [5, 5.41) is 32.5. The van der Waals surface area contributed by atoms with Crippen molar-refractivity contribution >= 4 is 35.1 Å². The van der Waals surface area contributed by atoms with Crippen LogP contribution in [-0.2, 0) is 16.6 Å². The lowest BCUT2D eigenvalue weighted by atomic mass is 9.69. The molecule has 3 N–H and O–H groups in total. The van der Waals surface area contributed by atoms with Crippen molar-refractivity contribution < 1.29 is 19.4 Å². The Morgan fingerprint density at radius 1 is 1.33 bits per heavy atom. The molecule has 3 heterocycles. The topological polar surface area (TPSA) is 168 Å². The van der Waals surface area contributed by atoms with E-state index in [-0.39, 0.29) is 42.1 Å². The van der Waals surface area contributed by atoms with E-state index in [1.807, 2.05) is 6.07 Å². The van der Waals surface area contributed by atoms with Crippen molar-refractivity contribution in [1.82, 2.24) is 25.0 Å². The first-order valence-electron chi connectivity index (χ1n) is 11.0. The van der Waals surface area contributed by atoms with Crippen molar-refractivity contribution in [2.24, 2.45) is 13.0 Å². The van der Waals surface area contributed by atoms with Gasteiger partial charge in [-0.1, -0.05) is 22.9 Å². The van der Waals surface area contributed by atoms with Gasteiger partial charge in [0, 0.05) is 24.7 Å². The number of nitrogens with one attached hydrogen (secondary N) is 2. The summed E-state index contributed by atoms with van der Waals surface area (Å²) in [4.78, 5) is 33.2. The molecule has 1 atom stereocenters. The van der Waals surface area contributed by atoms with Gasteiger partial charge in [-0.05, 0) is 38.0 Å². The number of hydrogen-bond acceptors (Lipinski definition) is 9. The maximum atomic E-state index is 12.5. The third-order valence-corrected chi connectivity index (χ3v) is 6.18. The number of aliphatic hydroxyl groups is 1. The summed E-state index contributed by atoms with van der Waals surface area (Å²) in [5.41, 5.74) is 0.650. The van der Waals surface area contributed by atoms with Crippen LogP contribution in [0, 0.1) is 17.2 Å². The molecule has 36 heavy (non-hydrogen) atoms. The van der Waals surface area contributed by atoms with Gasteiger partial charge in [0.1, 0.15) is 11.3 Å². The van der Waals surface area contributed by atoms with Crippen LogP contribution < -0.4 is 10.6 Å². The minimum Gasteiger partial charge on any atom is -0.441 e. The predicted octanol–water partition coefficient (Wildman–Crippen LogP) is 3.23. The molecule has 1 aliphatic carbocycles. The van der Waals surface area contributed by atoms with Gasteiger partial charge in [0.05, 0.1) is 35.7 Å². The number of anilines is 2. The number of aromatic nitrogens is 5. The lowest BCUT2D eigenvalue weighted by Crippen LogP contribution is -2.48. The molecule has 0 aromatic carbocycles. The summed E-state index contributed by atoms with van der Waals surface area (Å²) in [6.45, 7) is 1.67. The number of pyridine rings is 2. The van der Waals surface area contributed by atoms with E-state index >= 15 is 0 Å². The van der Waals surface area contributed by atoms with Gasteiger partial charge in [0.25, 0.3) is 0 Å². The highest BCUT2D eigenvalue weighted by atomic mass is 35.5. The summed E-state index contributed by atoms with van der Waals surface area (Å²) in [7, 11) is 1.61. The third kappa shape index (κ3) is 5.42. The van der Waals surface area contributed by atoms with Crippen LogP contribution in [0.5, 0.6) is 0 Å². The second-order valence-electron chi connectivity index (χ2n) is 8.55. The van der Waals surface area contributed by atoms with Crippen LogP contribution in [0.15, 0.2) is 36.7 Å². The summed E-state index contributed by atoms with van der Waals surface area (Å²) in [5.74, 6) is -0.353. The minimum absolute atomic E-state index is 0.00514. The number of nitrogens with zero attached hydrogens (tertiary/aromatic N) is 6. The molecule has 2 amide bonds. The molecular weight excluding hydrogens is 488 g/mol. The second kappa shape index (κ2) is 10.3. The zero-order chi connectivity index (χ0) is 25.9. The van der Waals surface area contributed by atoms with E-state index < -0.39 is 17.8 Å². The monoisotopic (exact) mass is 510 g/mol. The number of nitriles is 1. The second-order valence-corrected chi connectivity index (χ2v) is 8.91. The summed E-state index contributed by atoms with van der Waals surface area (Å²) in [6.07, 6.45) is 2.10. The Balaban J connectivity index is 1.39. The predicted molar refractivity (Wildman–Crippen MR) is 129 cm³/mol. The van der Waals surface area contributed by atoms with E-state index in [0.29, 0.717) is 22.6 Å². The van der Waals surface area contributed by atoms with Crippen molar-refractivity contribution in [1.29, 1.82) is 5.26 Å². The summed E-state index contributed by atoms with van der Waals surface area (Å²) >= 11 is 6.07. The van der Waals surface area contributed by atoms with Crippen LogP contribution in [0.25, 0.3) is 11.4 Å². The fourth-order valence-corrected chi connectivity index (χ4v) is 4.18. The summed E-state index contributed by atoms with van der Waals surface area (Å²) in [6, 6.07) is 8.61. The molecule has 0 bridgehead atoms. The molecule has 0 radical (unpaired) electrons. The van der Waals surface area contributed by atoms with Crippen LogP contribution in [0.1, 0.15) is 37.9 Å². The third-order valence-electron chi connectivity index (χ3n) is 5.86. The number of halogens is 1. The first-order valence-corrected chi connectivity index (χ1v) is 11.4. The Bertz CT molecular complexity index is 1310. The van der Waals surface area contributed by atoms with Crippen molar-refractivity contribution in [3.8, 4) is 17.5 Å². The lowest BCUT2D eigenvalue weighted by molar-refractivity contribution is -0.135. The molecule has 0 saturated heterocycles. The minimum atomic E-state index is -1.09. The van der Waals surface area contributed by atoms with Gasteiger partial charge in [0.2, 0.25) is 5.91 Å². The number of aryl methyl sites for hydroxylation is 1. The highest BCUT2D eigenvalue weighted by Crippen LogP contribution is 2.40. The van der Waals surface area contributed by atoms with Gasteiger partial charge in [0.15, 0.2) is 11.5 Å². The van der Waals surface area contributed by atoms with Gasteiger partial charge in [-0.15, -0.1) is 5.10 Å². The quantitative estimate of drug-likeness (QED) is 0.404. The van der Waals surface area contributed by atoms with Crippen LogP contribution in [0.3, 0.4) is 0 Å². The van der Waals surface area contributed by atoms with E-state index in [0.717, 1.165) is 0 Å². The van der Waals surface area contributed by atoms with Gasteiger partial charge in [-0.3, -0.25) is 15.1 Å². The number of carbonyl (C=O) groups excluding carboxylic acids is 2.